The molecule has 0 unspecified atom stereocenters. The summed E-state index contributed by atoms with van der Waals surface area (Å²) in [5.74, 6) is -1.68. The lowest BCUT2D eigenvalue weighted by atomic mass is 9.81. The number of carbonyl (C=O) groups is 2. The molecule has 0 saturated carbocycles. The van der Waals surface area contributed by atoms with Crippen LogP contribution in [0.25, 0.3) is 0 Å². The lowest BCUT2D eigenvalue weighted by molar-refractivity contribution is -0.192. The minimum atomic E-state index is -5.08. The number of piperidine rings is 1. The maximum absolute atomic E-state index is 13.2. The fourth-order valence-corrected chi connectivity index (χ4v) is 3.38. The highest BCUT2D eigenvalue weighted by atomic mass is 19.4. The lowest BCUT2D eigenvalue weighted by Gasteiger charge is -2.30. The monoisotopic (exact) mass is 376 g/mol. The number of likely N-dealkylation sites (tertiary alicyclic amines) is 1. The summed E-state index contributed by atoms with van der Waals surface area (Å²) in [6.45, 7) is 5.50. The minimum absolute atomic E-state index is 0.0938. The second-order valence-corrected chi connectivity index (χ2v) is 6.58. The summed E-state index contributed by atoms with van der Waals surface area (Å²) in [5, 5.41) is 10.1. The average Bonchev–Trinajstić information content (AvgIpc) is 2.94. The summed E-state index contributed by atoms with van der Waals surface area (Å²) in [5.41, 5.74) is 1.01. The molecule has 2 N–H and O–H groups in total. The van der Waals surface area contributed by atoms with E-state index in [9.17, 15) is 22.4 Å². The first-order valence-corrected chi connectivity index (χ1v) is 8.12. The fraction of sp³-hybridized carbons (Fsp3) is 0.529. The van der Waals surface area contributed by atoms with Crippen molar-refractivity contribution >= 4 is 11.9 Å². The van der Waals surface area contributed by atoms with E-state index >= 15 is 0 Å². The summed E-state index contributed by atoms with van der Waals surface area (Å²) in [4.78, 5) is 22.9. The Kier molecular flexibility index (Phi) is 6.22. The fourth-order valence-electron chi connectivity index (χ4n) is 3.38. The lowest BCUT2D eigenvalue weighted by Crippen LogP contribution is -2.46. The van der Waals surface area contributed by atoms with Crippen molar-refractivity contribution in [1.82, 2.24) is 10.2 Å². The van der Waals surface area contributed by atoms with Gasteiger partial charge in [-0.3, -0.25) is 9.69 Å². The standard InChI is InChI=1S/C15H19FN2O.C2HF3O2/c1-10-14-9-18(8-12(14)6-17-15(10)19)7-11-3-2-4-13(16)5-11;3-2(4,5)1(6)7/h2-5,10,12,14H,6-9H2,1H3,(H,17,19);(H,6,7)/t10-,12+,14+;/m1./s1. The molecule has 144 valence electrons. The third kappa shape index (κ3) is 5.17. The molecule has 26 heavy (non-hydrogen) atoms. The van der Waals surface area contributed by atoms with Gasteiger partial charge in [-0.05, 0) is 29.5 Å². The third-order valence-corrected chi connectivity index (χ3v) is 4.70. The average molecular weight is 376 g/mol. The van der Waals surface area contributed by atoms with E-state index in [1.54, 1.807) is 12.1 Å². The number of alkyl halides is 3. The van der Waals surface area contributed by atoms with Crippen molar-refractivity contribution in [1.29, 1.82) is 0 Å². The molecule has 0 bridgehead atoms. The van der Waals surface area contributed by atoms with Crippen molar-refractivity contribution in [3.63, 3.8) is 0 Å². The van der Waals surface area contributed by atoms with E-state index in [1.807, 2.05) is 13.0 Å². The van der Waals surface area contributed by atoms with Crippen LogP contribution in [0.3, 0.4) is 0 Å². The first-order valence-electron chi connectivity index (χ1n) is 8.12. The molecule has 0 radical (unpaired) electrons. The Bertz CT molecular complexity index is 666. The second-order valence-electron chi connectivity index (χ2n) is 6.58. The normalized spacial score (nSPS) is 25.7. The predicted octanol–water partition coefficient (Wildman–Crippen LogP) is 2.27. The van der Waals surface area contributed by atoms with Crippen molar-refractivity contribution in [3.8, 4) is 0 Å². The molecule has 2 fully saturated rings. The van der Waals surface area contributed by atoms with Crippen molar-refractivity contribution < 1.29 is 32.3 Å². The maximum Gasteiger partial charge on any atom is 0.490 e. The zero-order chi connectivity index (χ0) is 19.5. The molecule has 0 spiro atoms. The quantitative estimate of drug-likeness (QED) is 0.777. The largest absolute Gasteiger partial charge is 0.490 e. The van der Waals surface area contributed by atoms with Crippen LogP contribution in [0.5, 0.6) is 0 Å². The maximum atomic E-state index is 13.2. The topological polar surface area (TPSA) is 69.6 Å². The minimum Gasteiger partial charge on any atom is -0.475 e. The van der Waals surface area contributed by atoms with E-state index in [4.69, 9.17) is 9.90 Å². The highest BCUT2D eigenvalue weighted by Gasteiger charge is 2.41. The van der Waals surface area contributed by atoms with E-state index in [2.05, 4.69) is 10.2 Å². The number of halogens is 4. The Balaban J connectivity index is 0.000000298. The van der Waals surface area contributed by atoms with Crippen molar-refractivity contribution in [2.75, 3.05) is 19.6 Å². The zero-order valence-corrected chi connectivity index (χ0v) is 14.1. The summed E-state index contributed by atoms with van der Waals surface area (Å²) in [6.07, 6.45) is -5.08. The molecule has 9 heteroatoms. The molecule has 3 atom stereocenters. The second kappa shape index (κ2) is 8.03. The molecular formula is C17H20F4N2O3. The number of carboxylic acid groups (broad SMARTS) is 1. The number of amides is 1. The van der Waals surface area contributed by atoms with Gasteiger partial charge in [-0.1, -0.05) is 19.1 Å². The number of hydrogen-bond donors (Lipinski definition) is 2. The van der Waals surface area contributed by atoms with Gasteiger partial charge in [0.25, 0.3) is 0 Å². The number of nitrogens with zero attached hydrogens (tertiary/aromatic N) is 1. The zero-order valence-electron chi connectivity index (χ0n) is 14.1. The number of benzene rings is 1. The van der Waals surface area contributed by atoms with Crippen LogP contribution in [0.15, 0.2) is 24.3 Å². The van der Waals surface area contributed by atoms with Crippen LogP contribution >= 0.6 is 0 Å². The van der Waals surface area contributed by atoms with Gasteiger partial charge in [-0.25, -0.2) is 9.18 Å². The van der Waals surface area contributed by atoms with E-state index < -0.39 is 12.1 Å². The van der Waals surface area contributed by atoms with Gasteiger partial charge in [0.15, 0.2) is 0 Å². The Hall–Kier alpha value is -2.16. The molecule has 1 aromatic rings. The van der Waals surface area contributed by atoms with Crippen molar-refractivity contribution in [2.24, 2.45) is 17.8 Å². The third-order valence-electron chi connectivity index (χ3n) is 4.70. The van der Waals surface area contributed by atoms with Gasteiger partial charge >= 0.3 is 12.1 Å². The molecule has 2 saturated heterocycles. The first kappa shape index (κ1) is 20.2. The smallest absolute Gasteiger partial charge is 0.475 e. The first-order chi connectivity index (χ1) is 12.1. The Morgan fingerprint density at radius 2 is 2.00 bits per heavy atom. The number of carboxylic acids is 1. The van der Waals surface area contributed by atoms with E-state index in [1.165, 1.54) is 6.07 Å². The van der Waals surface area contributed by atoms with Gasteiger partial charge in [0.2, 0.25) is 5.91 Å². The number of hydrogen-bond acceptors (Lipinski definition) is 3. The van der Waals surface area contributed by atoms with Gasteiger partial charge in [-0.2, -0.15) is 13.2 Å². The molecular weight excluding hydrogens is 356 g/mol. The van der Waals surface area contributed by atoms with E-state index in [-0.39, 0.29) is 17.6 Å². The van der Waals surface area contributed by atoms with Crippen molar-refractivity contribution in [2.45, 2.75) is 19.6 Å². The van der Waals surface area contributed by atoms with Gasteiger partial charge in [-0.15, -0.1) is 0 Å². The van der Waals surface area contributed by atoms with Crippen LogP contribution in [-0.2, 0) is 16.1 Å². The van der Waals surface area contributed by atoms with Crippen LogP contribution in [0.1, 0.15) is 12.5 Å². The highest BCUT2D eigenvalue weighted by Crippen LogP contribution is 2.33. The molecule has 0 aliphatic carbocycles. The molecule has 2 aliphatic heterocycles. The van der Waals surface area contributed by atoms with Gasteiger partial charge < -0.3 is 10.4 Å². The Morgan fingerprint density at radius 3 is 2.58 bits per heavy atom. The van der Waals surface area contributed by atoms with Crippen LogP contribution in [0, 0.1) is 23.6 Å². The summed E-state index contributed by atoms with van der Waals surface area (Å²) in [7, 11) is 0. The van der Waals surface area contributed by atoms with Gasteiger partial charge in [0, 0.05) is 32.1 Å². The number of nitrogens with one attached hydrogen (secondary N) is 1. The molecule has 2 aliphatic rings. The Labute approximate surface area is 148 Å². The van der Waals surface area contributed by atoms with E-state index in [0.717, 1.165) is 31.7 Å². The summed E-state index contributed by atoms with van der Waals surface area (Å²) >= 11 is 0. The van der Waals surface area contributed by atoms with Crippen LogP contribution in [-0.4, -0.2) is 47.7 Å². The predicted molar refractivity (Wildman–Crippen MR) is 84.5 cm³/mol. The Morgan fingerprint density at radius 1 is 1.35 bits per heavy atom. The van der Waals surface area contributed by atoms with Crippen LogP contribution in [0.2, 0.25) is 0 Å². The number of carbonyl (C=O) groups excluding carboxylic acids is 1. The van der Waals surface area contributed by atoms with Gasteiger partial charge in [0.05, 0.1) is 0 Å². The number of fused-ring (bicyclic) bond motifs is 1. The van der Waals surface area contributed by atoms with Crippen LogP contribution < -0.4 is 5.32 Å². The highest BCUT2D eigenvalue weighted by molar-refractivity contribution is 5.79. The number of aliphatic carboxylic acids is 1. The molecule has 2 heterocycles. The SMILES string of the molecule is C[C@H]1C(=O)NC[C@H]2CN(Cc3cccc(F)c3)C[C@H]21.O=C(O)C(F)(F)F. The summed E-state index contributed by atoms with van der Waals surface area (Å²) in [6, 6.07) is 6.77. The van der Waals surface area contributed by atoms with Crippen molar-refractivity contribution in [3.05, 3.63) is 35.6 Å². The van der Waals surface area contributed by atoms with Gasteiger partial charge in [0.1, 0.15) is 5.82 Å². The number of rotatable bonds is 2. The van der Waals surface area contributed by atoms with Crippen LogP contribution in [0.4, 0.5) is 17.6 Å². The molecule has 0 aromatic heterocycles. The molecule has 5 nitrogen and oxygen atoms in total. The summed E-state index contributed by atoms with van der Waals surface area (Å²) < 4.78 is 44.9. The van der Waals surface area contributed by atoms with E-state index in [0.29, 0.717) is 11.8 Å². The molecule has 1 amide bonds. The molecule has 3 rings (SSSR count). The molecule has 1 aromatic carbocycles.